The van der Waals surface area contributed by atoms with Crippen molar-refractivity contribution in [2.24, 2.45) is 0 Å². The van der Waals surface area contributed by atoms with Gasteiger partial charge in [-0.3, -0.25) is 0 Å². The van der Waals surface area contributed by atoms with E-state index in [9.17, 15) is 0 Å². The van der Waals surface area contributed by atoms with Crippen molar-refractivity contribution >= 4 is 46.0 Å². The Morgan fingerprint density at radius 3 is 1.29 bits per heavy atom. The van der Waals surface area contributed by atoms with Crippen LogP contribution >= 0.6 is 35.4 Å². The molecule has 0 amide bonds. The molecule has 6 heteroatoms. The van der Waals surface area contributed by atoms with Crippen molar-refractivity contribution in [3.63, 3.8) is 0 Å². The molecule has 0 N–H and O–H groups in total. The summed E-state index contributed by atoms with van der Waals surface area (Å²) in [6.07, 6.45) is 0. The van der Waals surface area contributed by atoms with Crippen LogP contribution in [-0.2, 0) is 21.7 Å². The number of halogens is 2. The molecule has 2 nitrogen and oxygen atoms in total. The van der Waals surface area contributed by atoms with Crippen LogP contribution in [0.15, 0.2) is 24.3 Å². The molecule has 0 radical (unpaired) electrons. The second-order valence-corrected chi connectivity index (χ2v) is 28.3. The average Bonchev–Trinajstić information content (AvgIpc) is 2.72. The molecule has 0 bridgehead atoms. The van der Waals surface area contributed by atoms with Gasteiger partial charge in [0.15, 0.2) is 0 Å². The van der Waals surface area contributed by atoms with E-state index >= 15 is 0 Å². The van der Waals surface area contributed by atoms with Gasteiger partial charge in [0.05, 0.1) is 0 Å². The fraction of sp³-hybridized carbons (Fsp3) is 0.625. The van der Waals surface area contributed by atoms with E-state index < -0.39 is 12.9 Å². The van der Waals surface area contributed by atoms with Crippen molar-refractivity contribution in [2.45, 2.75) is 105 Å². The maximum atomic E-state index is 8.42. The summed E-state index contributed by atoms with van der Waals surface area (Å²) in [6.45, 7) is 26.4. The average molecular weight is 598 g/mol. The summed E-state index contributed by atoms with van der Waals surface area (Å²) in [4.78, 5) is 0. The van der Waals surface area contributed by atoms with E-state index in [1.807, 2.05) is 0 Å². The van der Waals surface area contributed by atoms with Crippen LogP contribution < -0.4 is 10.6 Å². The molecular formula is C32H52Cl2N2P2. The van der Waals surface area contributed by atoms with E-state index in [-0.39, 0.29) is 21.7 Å². The van der Waals surface area contributed by atoms with Gasteiger partial charge in [-0.2, -0.15) is 0 Å². The van der Waals surface area contributed by atoms with Crippen molar-refractivity contribution in [2.75, 3.05) is 28.2 Å². The Morgan fingerprint density at radius 2 is 0.947 bits per heavy atom. The Bertz CT molecular complexity index is 1240. The van der Waals surface area contributed by atoms with Crippen LogP contribution in [0.1, 0.15) is 105 Å². The third-order valence-corrected chi connectivity index (χ3v) is 26.4. The molecule has 0 saturated carbocycles. The number of benzene rings is 2. The standard InChI is InChI=1S/C32H52Cl2N2P2/c1-29(2,3)21-17-23-24-18-22(30(4,5)6)20-26(32(10,11)12)28(24)38(34,35(13)14,36(15)16)37(33)27(23)25(19-21)31(7,8)9/h17-20H,1-16H3. The molecular weight excluding hydrogens is 545 g/mol. The van der Waals surface area contributed by atoms with Crippen LogP contribution in [0.4, 0.5) is 0 Å². The third-order valence-electron chi connectivity index (χ3n) is 8.16. The van der Waals surface area contributed by atoms with Gasteiger partial charge >= 0.3 is 246 Å². The zero-order chi connectivity index (χ0) is 29.6. The summed E-state index contributed by atoms with van der Waals surface area (Å²) in [7, 11) is 8.56. The number of hydrogen-bond acceptors (Lipinski definition) is 2. The van der Waals surface area contributed by atoms with Crippen LogP contribution in [0.25, 0.3) is 11.1 Å². The molecule has 0 saturated heterocycles. The molecule has 0 fully saturated rings. The van der Waals surface area contributed by atoms with E-state index in [4.69, 9.17) is 22.5 Å². The van der Waals surface area contributed by atoms with Gasteiger partial charge in [0, 0.05) is 0 Å². The Kier molecular flexibility index (Phi) is 8.00. The van der Waals surface area contributed by atoms with E-state index in [1.54, 1.807) is 0 Å². The molecule has 0 aromatic heterocycles. The third kappa shape index (κ3) is 4.72. The van der Waals surface area contributed by atoms with Gasteiger partial charge in [0.1, 0.15) is 0 Å². The van der Waals surface area contributed by atoms with Crippen LogP contribution in [0, 0.1) is 0 Å². The Hall–Kier alpha value is -0.200. The van der Waals surface area contributed by atoms with Crippen molar-refractivity contribution < 1.29 is 0 Å². The summed E-state index contributed by atoms with van der Waals surface area (Å²) >= 11 is 16.4. The van der Waals surface area contributed by atoms with Crippen LogP contribution in [0.2, 0.25) is 0 Å². The molecule has 0 aliphatic carbocycles. The van der Waals surface area contributed by atoms with Gasteiger partial charge in [-0.25, -0.2) is 0 Å². The summed E-state index contributed by atoms with van der Waals surface area (Å²) in [6, 6.07) is 9.73. The van der Waals surface area contributed by atoms with Crippen molar-refractivity contribution in [1.29, 1.82) is 0 Å². The van der Waals surface area contributed by atoms with Crippen LogP contribution in [-0.4, -0.2) is 37.5 Å². The van der Waals surface area contributed by atoms with Gasteiger partial charge in [-0.15, -0.1) is 0 Å². The Balaban J connectivity index is 2.83. The number of hydrogen-bond donors (Lipinski definition) is 0. The first-order chi connectivity index (χ1) is 16.8. The Labute approximate surface area is 245 Å². The van der Waals surface area contributed by atoms with Gasteiger partial charge in [0.2, 0.25) is 0 Å². The second-order valence-electron chi connectivity index (χ2n) is 15.7. The van der Waals surface area contributed by atoms with Gasteiger partial charge < -0.3 is 0 Å². The molecule has 1 heterocycles. The predicted octanol–water partition coefficient (Wildman–Crippen LogP) is 10.0. The van der Waals surface area contributed by atoms with E-state index in [2.05, 4.69) is 145 Å². The SMILES string of the molecule is CN(C)P1(Cl)(N(C)C)c2c(cc(C(C)(C)C)cc2C(C)(C)C)-c2cc(C(C)(C)C)cc(C(C)(C)C)c2P1Cl. The van der Waals surface area contributed by atoms with E-state index in [0.29, 0.717) is 0 Å². The first kappa shape index (κ1) is 32.3. The van der Waals surface area contributed by atoms with Crippen molar-refractivity contribution in [3.05, 3.63) is 46.5 Å². The first-order valence-electron chi connectivity index (χ1n) is 13.7. The molecule has 1 aliphatic rings. The monoisotopic (exact) mass is 596 g/mol. The summed E-state index contributed by atoms with van der Waals surface area (Å²) < 4.78 is 4.59. The zero-order valence-corrected chi connectivity index (χ0v) is 30.2. The molecule has 1 aliphatic heterocycles. The number of nitrogens with zero attached hydrogens (tertiary/aromatic N) is 2. The molecule has 3 rings (SSSR count). The minimum absolute atomic E-state index is 0.00574. The molecule has 1 unspecified atom stereocenters. The van der Waals surface area contributed by atoms with Gasteiger partial charge in [-0.05, 0) is 0 Å². The predicted molar refractivity (Wildman–Crippen MR) is 179 cm³/mol. The molecule has 1 atom stereocenters. The molecule has 0 spiro atoms. The van der Waals surface area contributed by atoms with E-state index in [0.717, 1.165) is 0 Å². The number of rotatable bonds is 2. The summed E-state index contributed by atoms with van der Waals surface area (Å²) in [5.41, 5.74) is 7.66. The fourth-order valence-electron chi connectivity index (χ4n) is 5.64. The topological polar surface area (TPSA) is 6.48 Å². The quantitative estimate of drug-likeness (QED) is 0.318. The molecule has 2 aromatic rings. The molecule has 2 aromatic carbocycles. The van der Waals surface area contributed by atoms with Crippen molar-refractivity contribution in [1.82, 2.24) is 9.34 Å². The normalized spacial score (nSPS) is 20.6. The van der Waals surface area contributed by atoms with Crippen LogP contribution in [0.3, 0.4) is 0 Å². The van der Waals surface area contributed by atoms with Gasteiger partial charge in [0.25, 0.3) is 0 Å². The summed E-state index contributed by atoms with van der Waals surface area (Å²) in [5.74, 6) is -3.58. The maximum absolute atomic E-state index is 8.42. The second kappa shape index (κ2) is 9.41. The first-order valence-corrected chi connectivity index (χ1v) is 19.7. The molecule has 214 valence electrons. The minimum atomic E-state index is -3.58. The van der Waals surface area contributed by atoms with E-state index in [1.165, 1.54) is 44.0 Å². The van der Waals surface area contributed by atoms with Crippen LogP contribution in [0.5, 0.6) is 0 Å². The Morgan fingerprint density at radius 1 is 0.579 bits per heavy atom. The summed E-state index contributed by atoms with van der Waals surface area (Å²) in [5, 5.41) is 2.52. The molecule has 38 heavy (non-hydrogen) atoms. The fourth-order valence-corrected chi connectivity index (χ4v) is 20.4. The van der Waals surface area contributed by atoms with Gasteiger partial charge in [-0.1, -0.05) is 0 Å². The number of fused-ring (bicyclic) bond motifs is 3. The zero-order valence-electron chi connectivity index (χ0n) is 26.9. The van der Waals surface area contributed by atoms with Crippen molar-refractivity contribution in [3.8, 4) is 11.1 Å².